The van der Waals surface area contributed by atoms with Crippen molar-refractivity contribution < 1.29 is 4.74 Å². The smallest absolute Gasteiger partial charge is 0.317 e. The lowest BCUT2D eigenvalue weighted by atomic mass is 9.89. The van der Waals surface area contributed by atoms with Crippen molar-refractivity contribution in [1.29, 1.82) is 0 Å². The Morgan fingerprint density at radius 3 is 3.06 bits per heavy atom. The van der Waals surface area contributed by atoms with E-state index in [1.807, 2.05) is 0 Å². The quantitative estimate of drug-likeness (QED) is 0.833. The van der Waals surface area contributed by atoms with Crippen LogP contribution < -0.4 is 10.5 Å². The van der Waals surface area contributed by atoms with Crippen molar-refractivity contribution >= 4 is 17.2 Å². The zero-order chi connectivity index (χ0) is 12.3. The Labute approximate surface area is 107 Å². The fourth-order valence-corrected chi connectivity index (χ4v) is 2.28. The normalized spacial score (nSPS) is 24.3. The maximum atomic E-state index is 5.78. The number of aromatic nitrogens is 2. The van der Waals surface area contributed by atoms with Crippen molar-refractivity contribution in [1.82, 2.24) is 9.97 Å². The molecule has 0 saturated heterocycles. The molecule has 2 N–H and O–H groups in total. The highest BCUT2D eigenvalue weighted by Gasteiger charge is 2.21. The Bertz CT molecular complexity index is 410. The Morgan fingerprint density at radius 2 is 2.35 bits per heavy atom. The highest BCUT2D eigenvalue weighted by atomic mass is 32.1. The summed E-state index contributed by atoms with van der Waals surface area (Å²) in [7, 11) is 0. The monoisotopic (exact) mass is 251 g/mol. The molecule has 1 saturated carbocycles. The molecule has 1 aromatic rings. The number of thiocarbonyl (C=S) groups is 1. The first-order valence-corrected chi connectivity index (χ1v) is 6.35. The molecule has 0 spiro atoms. The molecule has 2 unspecified atom stereocenters. The number of rotatable bonds is 3. The lowest BCUT2D eigenvalue weighted by Crippen LogP contribution is -2.25. The molecule has 92 valence electrons. The Balaban J connectivity index is 2.02. The van der Waals surface area contributed by atoms with Crippen LogP contribution >= 0.6 is 12.2 Å². The second-order valence-corrected chi connectivity index (χ2v) is 5.04. The predicted octanol–water partition coefficient (Wildman–Crippen LogP) is 2.07. The Morgan fingerprint density at radius 1 is 1.53 bits per heavy atom. The summed E-state index contributed by atoms with van der Waals surface area (Å²) in [4.78, 5) is 8.56. The number of nitrogens with zero attached hydrogens (tertiary/aromatic N) is 2. The molecular weight excluding hydrogens is 234 g/mol. The molecule has 2 atom stereocenters. The summed E-state index contributed by atoms with van der Waals surface area (Å²) in [5, 5.41) is 0. The average Bonchev–Trinajstić information content (AvgIpc) is 2.29. The number of hydrogen-bond acceptors (Lipinski definition) is 4. The van der Waals surface area contributed by atoms with Crippen LogP contribution in [-0.4, -0.2) is 21.1 Å². The molecule has 0 aromatic carbocycles. The molecule has 0 bridgehead atoms. The molecule has 2 rings (SSSR count). The second-order valence-electron chi connectivity index (χ2n) is 4.60. The summed E-state index contributed by atoms with van der Waals surface area (Å²) >= 11 is 4.88. The van der Waals surface area contributed by atoms with Crippen LogP contribution in [0.2, 0.25) is 0 Å². The van der Waals surface area contributed by atoms with E-state index in [0.29, 0.717) is 17.6 Å². The Hall–Kier alpha value is -1.23. The van der Waals surface area contributed by atoms with Crippen LogP contribution in [0.5, 0.6) is 6.01 Å². The van der Waals surface area contributed by atoms with Crippen LogP contribution in [0.1, 0.15) is 38.3 Å². The molecule has 4 nitrogen and oxygen atoms in total. The van der Waals surface area contributed by atoms with Gasteiger partial charge in [0.2, 0.25) is 0 Å². The second kappa shape index (κ2) is 5.40. The van der Waals surface area contributed by atoms with E-state index in [-0.39, 0.29) is 11.1 Å². The highest BCUT2D eigenvalue weighted by Crippen LogP contribution is 2.26. The third-order valence-electron chi connectivity index (χ3n) is 3.05. The topological polar surface area (TPSA) is 61.0 Å². The maximum absolute atomic E-state index is 5.78. The van der Waals surface area contributed by atoms with Crippen LogP contribution in [0.15, 0.2) is 12.3 Å². The van der Waals surface area contributed by atoms with Gasteiger partial charge in [0.15, 0.2) is 0 Å². The van der Waals surface area contributed by atoms with Crippen LogP contribution in [-0.2, 0) is 0 Å². The minimum absolute atomic E-state index is 0.223. The van der Waals surface area contributed by atoms with Crippen molar-refractivity contribution in [3.05, 3.63) is 18.0 Å². The third kappa shape index (κ3) is 3.36. The zero-order valence-electron chi connectivity index (χ0n) is 9.93. The number of nitrogens with two attached hydrogens (primary N) is 1. The van der Waals surface area contributed by atoms with Gasteiger partial charge in [-0.05, 0) is 31.2 Å². The van der Waals surface area contributed by atoms with E-state index in [0.717, 1.165) is 12.8 Å². The van der Waals surface area contributed by atoms with Crippen LogP contribution in [0.25, 0.3) is 0 Å². The Kier molecular flexibility index (Phi) is 3.89. The summed E-state index contributed by atoms with van der Waals surface area (Å²) in [5.74, 6) is 0.715. The van der Waals surface area contributed by atoms with E-state index in [2.05, 4.69) is 16.9 Å². The number of ether oxygens (including phenoxy) is 1. The van der Waals surface area contributed by atoms with E-state index < -0.39 is 0 Å². The van der Waals surface area contributed by atoms with Gasteiger partial charge in [0.05, 0.1) is 0 Å². The molecule has 1 heterocycles. The minimum Gasteiger partial charge on any atom is -0.460 e. The third-order valence-corrected chi connectivity index (χ3v) is 3.26. The van der Waals surface area contributed by atoms with Crippen molar-refractivity contribution in [2.24, 2.45) is 11.7 Å². The predicted molar refractivity (Wildman–Crippen MR) is 70.0 cm³/mol. The van der Waals surface area contributed by atoms with E-state index >= 15 is 0 Å². The summed E-state index contributed by atoms with van der Waals surface area (Å²) in [6.45, 7) is 2.25. The van der Waals surface area contributed by atoms with Gasteiger partial charge in [-0.2, -0.15) is 4.98 Å². The van der Waals surface area contributed by atoms with Gasteiger partial charge >= 0.3 is 6.01 Å². The lowest BCUT2D eigenvalue weighted by molar-refractivity contribution is 0.118. The first kappa shape index (κ1) is 12.2. The fourth-order valence-electron chi connectivity index (χ4n) is 2.17. The average molecular weight is 251 g/mol. The standard InChI is InChI=1S/C12H17N3OS/c1-8-3-2-4-9(7-8)16-12-14-6-5-10(15-12)11(13)17/h5-6,8-9H,2-4,7H2,1H3,(H2,13,17). The van der Waals surface area contributed by atoms with Crippen molar-refractivity contribution in [2.75, 3.05) is 0 Å². The molecular formula is C12H17N3OS. The highest BCUT2D eigenvalue weighted by molar-refractivity contribution is 7.80. The SMILES string of the molecule is CC1CCCC(Oc2nccc(C(N)=S)n2)C1. The van der Waals surface area contributed by atoms with Crippen LogP contribution in [0, 0.1) is 5.92 Å². The molecule has 1 fully saturated rings. The zero-order valence-corrected chi connectivity index (χ0v) is 10.7. The van der Waals surface area contributed by atoms with Gasteiger partial charge in [-0.25, -0.2) is 4.98 Å². The maximum Gasteiger partial charge on any atom is 0.317 e. The van der Waals surface area contributed by atoms with Gasteiger partial charge in [-0.1, -0.05) is 25.6 Å². The number of hydrogen-bond donors (Lipinski definition) is 1. The van der Waals surface area contributed by atoms with Crippen LogP contribution in [0.3, 0.4) is 0 Å². The minimum atomic E-state index is 0.223. The van der Waals surface area contributed by atoms with Gasteiger partial charge < -0.3 is 10.5 Å². The molecule has 5 heteroatoms. The lowest BCUT2D eigenvalue weighted by Gasteiger charge is -2.26. The van der Waals surface area contributed by atoms with Gasteiger partial charge in [-0.15, -0.1) is 0 Å². The summed E-state index contributed by atoms with van der Waals surface area (Å²) < 4.78 is 5.78. The van der Waals surface area contributed by atoms with Crippen molar-refractivity contribution in [3.63, 3.8) is 0 Å². The first-order valence-electron chi connectivity index (χ1n) is 5.94. The molecule has 1 aromatic heterocycles. The summed E-state index contributed by atoms with van der Waals surface area (Å²) in [6, 6.07) is 2.08. The van der Waals surface area contributed by atoms with Gasteiger partial charge in [0.25, 0.3) is 0 Å². The first-order chi connectivity index (χ1) is 8.15. The molecule has 1 aliphatic carbocycles. The van der Waals surface area contributed by atoms with Crippen LogP contribution in [0.4, 0.5) is 0 Å². The van der Waals surface area contributed by atoms with E-state index in [4.69, 9.17) is 22.7 Å². The molecule has 0 amide bonds. The summed E-state index contributed by atoms with van der Waals surface area (Å²) in [5.41, 5.74) is 6.09. The van der Waals surface area contributed by atoms with Crippen molar-refractivity contribution in [2.45, 2.75) is 38.7 Å². The van der Waals surface area contributed by atoms with Gasteiger partial charge in [0.1, 0.15) is 16.8 Å². The van der Waals surface area contributed by atoms with E-state index in [1.165, 1.54) is 12.8 Å². The largest absolute Gasteiger partial charge is 0.460 e. The molecule has 1 aliphatic rings. The van der Waals surface area contributed by atoms with E-state index in [1.54, 1.807) is 12.3 Å². The molecule has 0 aliphatic heterocycles. The summed E-state index contributed by atoms with van der Waals surface area (Å²) in [6.07, 6.45) is 6.49. The molecule has 17 heavy (non-hydrogen) atoms. The fraction of sp³-hybridized carbons (Fsp3) is 0.583. The van der Waals surface area contributed by atoms with Crippen molar-refractivity contribution in [3.8, 4) is 6.01 Å². The van der Waals surface area contributed by atoms with E-state index in [9.17, 15) is 0 Å². The van der Waals surface area contributed by atoms with Gasteiger partial charge in [0, 0.05) is 6.20 Å². The van der Waals surface area contributed by atoms with Gasteiger partial charge in [-0.3, -0.25) is 0 Å². The molecule has 0 radical (unpaired) electrons.